The fourth-order valence-electron chi connectivity index (χ4n) is 3.02. The minimum absolute atomic E-state index is 0.228. The van der Waals surface area contributed by atoms with Gasteiger partial charge in [-0.25, -0.2) is 0 Å². The number of benzene rings is 1. The lowest BCUT2D eigenvalue weighted by Gasteiger charge is -2.35. The van der Waals surface area contributed by atoms with E-state index in [1.807, 2.05) is 0 Å². The van der Waals surface area contributed by atoms with Gasteiger partial charge in [0.15, 0.2) is 0 Å². The molecule has 0 aromatic heterocycles. The van der Waals surface area contributed by atoms with Crippen molar-refractivity contribution in [2.24, 2.45) is 0 Å². The van der Waals surface area contributed by atoms with Gasteiger partial charge >= 0.3 is 0 Å². The third-order valence-electron chi connectivity index (χ3n) is 4.70. The summed E-state index contributed by atoms with van der Waals surface area (Å²) >= 11 is 0. The zero-order valence-corrected chi connectivity index (χ0v) is 13.6. The van der Waals surface area contributed by atoms with E-state index in [9.17, 15) is 0 Å². The molecule has 20 heavy (non-hydrogen) atoms. The van der Waals surface area contributed by atoms with Gasteiger partial charge < -0.3 is 5.32 Å². The molecule has 1 saturated heterocycles. The molecule has 2 rings (SSSR count). The first-order chi connectivity index (χ1) is 9.53. The van der Waals surface area contributed by atoms with Crippen molar-refractivity contribution in [1.29, 1.82) is 0 Å². The second-order valence-electron chi connectivity index (χ2n) is 6.84. The Balaban J connectivity index is 2.04. The Labute approximate surface area is 124 Å². The summed E-state index contributed by atoms with van der Waals surface area (Å²) < 4.78 is 0. The number of rotatable bonds is 5. The highest BCUT2D eigenvalue weighted by molar-refractivity contribution is 5.30. The van der Waals surface area contributed by atoms with Gasteiger partial charge in [0.05, 0.1) is 0 Å². The highest BCUT2D eigenvalue weighted by atomic mass is 15.2. The average Bonchev–Trinajstić information content (AvgIpc) is 2.47. The highest BCUT2D eigenvalue weighted by Gasteiger charge is 2.24. The SMILES string of the molecule is CCC(C)c1ccc(C(C)(C)CN2CCNCC2)cc1. The standard InChI is InChI=1S/C18H30N2/c1-5-15(2)16-6-8-17(9-7-16)18(3,4)14-20-12-10-19-11-13-20/h6-9,15,19H,5,10-14H2,1-4H3. The normalized spacial score (nSPS) is 19.0. The van der Waals surface area contributed by atoms with Crippen LogP contribution in [0.5, 0.6) is 0 Å². The Kier molecular flexibility index (Phi) is 5.22. The lowest BCUT2D eigenvalue weighted by molar-refractivity contribution is 0.200. The topological polar surface area (TPSA) is 15.3 Å². The summed E-state index contributed by atoms with van der Waals surface area (Å²) in [5, 5.41) is 3.42. The summed E-state index contributed by atoms with van der Waals surface area (Å²) in [6.45, 7) is 15.1. The summed E-state index contributed by atoms with van der Waals surface area (Å²) in [5.74, 6) is 0.667. The van der Waals surface area contributed by atoms with Crippen molar-refractivity contribution in [2.75, 3.05) is 32.7 Å². The second kappa shape index (κ2) is 6.73. The van der Waals surface area contributed by atoms with Gasteiger partial charge in [-0.1, -0.05) is 52.0 Å². The van der Waals surface area contributed by atoms with Gasteiger partial charge in [-0.05, 0) is 23.5 Å². The van der Waals surface area contributed by atoms with Crippen LogP contribution in [-0.4, -0.2) is 37.6 Å². The van der Waals surface area contributed by atoms with Crippen LogP contribution in [0.15, 0.2) is 24.3 Å². The van der Waals surface area contributed by atoms with Crippen LogP contribution in [0.4, 0.5) is 0 Å². The van der Waals surface area contributed by atoms with Gasteiger partial charge in [-0.3, -0.25) is 4.90 Å². The van der Waals surface area contributed by atoms with Crippen molar-refractivity contribution in [1.82, 2.24) is 10.2 Å². The molecule has 112 valence electrons. The first-order valence-corrected chi connectivity index (χ1v) is 8.06. The van der Waals surface area contributed by atoms with Gasteiger partial charge in [-0.15, -0.1) is 0 Å². The third kappa shape index (κ3) is 3.83. The summed E-state index contributed by atoms with van der Waals surface area (Å²) in [6, 6.07) is 9.32. The molecule has 2 nitrogen and oxygen atoms in total. The molecule has 1 N–H and O–H groups in total. The summed E-state index contributed by atoms with van der Waals surface area (Å²) in [7, 11) is 0. The molecule has 1 aromatic carbocycles. The predicted octanol–water partition coefficient (Wildman–Crippen LogP) is 3.38. The van der Waals surface area contributed by atoms with Gasteiger partial charge in [0.2, 0.25) is 0 Å². The van der Waals surface area contributed by atoms with Crippen LogP contribution >= 0.6 is 0 Å². The lowest BCUT2D eigenvalue weighted by Crippen LogP contribution is -2.47. The molecular weight excluding hydrogens is 244 g/mol. The van der Waals surface area contributed by atoms with Crippen LogP contribution in [-0.2, 0) is 5.41 Å². The van der Waals surface area contributed by atoms with Crippen molar-refractivity contribution in [3.63, 3.8) is 0 Å². The molecule has 0 radical (unpaired) electrons. The van der Waals surface area contributed by atoms with E-state index < -0.39 is 0 Å². The lowest BCUT2D eigenvalue weighted by atomic mass is 9.82. The van der Waals surface area contributed by atoms with Crippen molar-refractivity contribution in [2.45, 2.75) is 45.4 Å². The Morgan fingerprint density at radius 3 is 2.30 bits per heavy atom. The van der Waals surface area contributed by atoms with Crippen LogP contribution < -0.4 is 5.32 Å². The van der Waals surface area contributed by atoms with E-state index in [0.717, 1.165) is 19.6 Å². The predicted molar refractivity (Wildman–Crippen MR) is 87.5 cm³/mol. The van der Waals surface area contributed by atoms with Gasteiger partial charge in [0.25, 0.3) is 0 Å². The molecule has 1 atom stereocenters. The van der Waals surface area contributed by atoms with Crippen LogP contribution in [0.25, 0.3) is 0 Å². The monoisotopic (exact) mass is 274 g/mol. The first kappa shape index (κ1) is 15.5. The van der Waals surface area contributed by atoms with Crippen molar-refractivity contribution in [3.8, 4) is 0 Å². The largest absolute Gasteiger partial charge is 0.314 e. The minimum Gasteiger partial charge on any atom is -0.314 e. The summed E-state index contributed by atoms with van der Waals surface area (Å²) in [6.07, 6.45) is 1.21. The molecule has 2 heteroatoms. The molecule has 0 bridgehead atoms. The first-order valence-electron chi connectivity index (χ1n) is 8.06. The van der Waals surface area contributed by atoms with Crippen LogP contribution in [0.3, 0.4) is 0 Å². The summed E-state index contributed by atoms with van der Waals surface area (Å²) in [5.41, 5.74) is 3.16. The van der Waals surface area contributed by atoms with Crippen molar-refractivity contribution >= 4 is 0 Å². The van der Waals surface area contributed by atoms with E-state index in [1.54, 1.807) is 0 Å². The second-order valence-corrected chi connectivity index (χ2v) is 6.84. The molecule has 0 aliphatic carbocycles. The number of hydrogen-bond donors (Lipinski definition) is 1. The van der Waals surface area contributed by atoms with E-state index in [0.29, 0.717) is 5.92 Å². The Morgan fingerprint density at radius 1 is 1.15 bits per heavy atom. The van der Waals surface area contributed by atoms with E-state index >= 15 is 0 Å². The quantitative estimate of drug-likeness (QED) is 0.885. The van der Waals surface area contributed by atoms with Gasteiger partial charge in [0.1, 0.15) is 0 Å². The molecular formula is C18H30N2. The molecule has 1 aromatic rings. The smallest absolute Gasteiger partial charge is 0.0108 e. The van der Waals surface area contributed by atoms with E-state index in [-0.39, 0.29) is 5.41 Å². The van der Waals surface area contributed by atoms with E-state index in [2.05, 4.69) is 62.2 Å². The number of nitrogens with zero attached hydrogens (tertiary/aromatic N) is 1. The zero-order chi connectivity index (χ0) is 14.6. The minimum atomic E-state index is 0.228. The zero-order valence-electron chi connectivity index (χ0n) is 13.6. The molecule has 1 aliphatic heterocycles. The summed E-state index contributed by atoms with van der Waals surface area (Å²) in [4.78, 5) is 2.58. The third-order valence-corrected chi connectivity index (χ3v) is 4.70. The molecule has 1 aliphatic rings. The molecule has 0 spiro atoms. The fourth-order valence-corrected chi connectivity index (χ4v) is 3.02. The number of nitrogens with one attached hydrogen (secondary N) is 1. The highest BCUT2D eigenvalue weighted by Crippen LogP contribution is 2.27. The van der Waals surface area contributed by atoms with Crippen LogP contribution in [0, 0.1) is 0 Å². The molecule has 0 saturated carbocycles. The Morgan fingerprint density at radius 2 is 1.75 bits per heavy atom. The van der Waals surface area contributed by atoms with Crippen molar-refractivity contribution < 1.29 is 0 Å². The van der Waals surface area contributed by atoms with E-state index in [1.165, 1.54) is 30.6 Å². The van der Waals surface area contributed by atoms with E-state index in [4.69, 9.17) is 0 Å². The van der Waals surface area contributed by atoms with Crippen LogP contribution in [0.2, 0.25) is 0 Å². The number of piperazine rings is 1. The molecule has 0 amide bonds. The van der Waals surface area contributed by atoms with Crippen LogP contribution in [0.1, 0.15) is 51.2 Å². The molecule has 1 heterocycles. The number of hydrogen-bond acceptors (Lipinski definition) is 2. The fraction of sp³-hybridized carbons (Fsp3) is 0.667. The maximum Gasteiger partial charge on any atom is 0.0108 e. The molecule has 1 unspecified atom stereocenters. The molecule has 1 fully saturated rings. The van der Waals surface area contributed by atoms with Crippen molar-refractivity contribution in [3.05, 3.63) is 35.4 Å². The Bertz CT molecular complexity index is 402. The average molecular weight is 274 g/mol. The maximum atomic E-state index is 3.42. The van der Waals surface area contributed by atoms with Gasteiger partial charge in [-0.2, -0.15) is 0 Å². The Hall–Kier alpha value is -0.860. The maximum absolute atomic E-state index is 3.42. The van der Waals surface area contributed by atoms with Gasteiger partial charge in [0, 0.05) is 38.1 Å².